The monoisotopic (exact) mass is 249 g/mol. The van der Waals surface area contributed by atoms with Crippen molar-refractivity contribution in [3.63, 3.8) is 0 Å². The van der Waals surface area contributed by atoms with Crippen LogP contribution in [0.2, 0.25) is 0 Å². The van der Waals surface area contributed by atoms with Gasteiger partial charge < -0.3 is 10.4 Å². The maximum atomic E-state index is 12.2. The van der Waals surface area contributed by atoms with Gasteiger partial charge in [-0.25, -0.2) is 0 Å². The highest BCUT2D eigenvalue weighted by atomic mass is 19.4. The summed E-state index contributed by atoms with van der Waals surface area (Å²) in [5, 5.41) is 18.0. The van der Waals surface area contributed by atoms with E-state index in [-0.39, 0.29) is 6.54 Å². The van der Waals surface area contributed by atoms with Crippen LogP contribution in [-0.2, 0) is 11.3 Å². The molecule has 1 rings (SSSR count). The molecule has 0 bridgehead atoms. The molecule has 1 aromatic heterocycles. The maximum Gasteiger partial charge on any atom is 0.403 e. The molecule has 0 saturated carbocycles. The number of carboxylic acids is 1. The van der Waals surface area contributed by atoms with Gasteiger partial charge in [-0.15, -0.1) is 0 Å². The molecule has 0 saturated heterocycles. The van der Waals surface area contributed by atoms with Gasteiger partial charge in [-0.05, 0) is 12.1 Å². The smallest absolute Gasteiger partial charge is 0.403 e. The van der Waals surface area contributed by atoms with Crippen molar-refractivity contribution in [1.29, 1.82) is 0 Å². The van der Waals surface area contributed by atoms with Crippen LogP contribution in [-0.4, -0.2) is 34.0 Å². The Morgan fingerprint density at radius 3 is 2.71 bits per heavy atom. The number of nitrogens with one attached hydrogen (secondary N) is 1. The van der Waals surface area contributed by atoms with Crippen molar-refractivity contribution in [2.75, 3.05) is 6.54 Å². The van der Waals surface area contributed by atoms with E-state index in [2.05, 4.69) is 15.5 Å². The molecule has 0 aliphatic carbocycles. The topological polar surface area (TPSA) is 75.1 Å². The molecule has 1 heterocycles. The van der Waals surface area contributed by atoms with Gasteiger partial charge in [0.25, 0.3) is 0 Å². The van der Waals surface area contributed by atoms with Gasteiger partial charge in [0.1, 0.15) is 0 Å². The second-order valence-electron chi connectivity index (χ2n) is 3.28. The summed E-state index contributed by atoms with van der Waals surface area (Å²) < 4.78 is 36.7. The summed E-state index contributed by atoms with van der Waals surface area (Å²) in [5.41, 5.74) is 0.443. The highest BCUT2D eigenvalue weighted by molar-refractivity contribution is 5.71. The zero-order chi connectivity index (χ0) is 12.9. The van der Waals surface area contributed by atoms with E-state index in [1.165, 1.54) is 6.20 Å². The molecule has 1 aromatic rings. The van der Waals surface area contributed by atoms with E-state index in [0.717, 1.165) is 0 Å². The Balaban J connectivity index is 2.46. The first kappa shape index (κ1) is 13.4. The van der Waals surface area contributed by atoms with E-state index in [0.29, 0.717) is 5.69 Å². The first-order chi connectivity index (χ1) is 7.91. The fourth-order valence-electron chi connectivity index (χ4n) is 1.12. The number of aromatic nitrogens is 2. The van der Waals surface area contributed by atoms with Gasteiger partial charge in [0.05, 0.1) is 5.69 Å². The van der Waals surface area contributed by atoms with Gasteiger partial charge >= 0.3 is 12.1 Å². The van der Waals surface area contributed by atoms with E-state index < -0.39 is 24.6 Å². The number of hydrogen-bond donors (Lipinski definition) is 2. The van der Waals surface area contributed by atoms with E-state index in [9.17, 15) is 18.0 Å². The Morgan fingerprint density at radius 2 is 2.24 bits per heavy atom. The molecule has 5 nitrogen and oxygen atoms in total. The Kier molecular flexibility index (Phi) is 4.38. The van der Waals surface area contributed by atoms with Gasteiger partial charge in [-0.2, -0.15) is 23.4 Å². The number of halogens is 3. The van der Waals surface area contributed by atoms with E-state index in [4.69, 9.17) is 5.11 Å². The summed E-state index contributed by atoms with van der Waals surface area (Å²) in [6.45, 7) is -0.664. The molecule has 1 unspecified atom stereocenters. The van der Waals surface area contributed by atoms with Crippen LogP contribution in [0.3, 0.4) is 0 Å². The molecular weight excluding hydrogens is 239 g/mol. The fraction of sp³-hybridized carbons (Fsp3) is 0.444. The summed E-state index contributed by atoms with van der Waals surface area (Å²) >= 11 is 0. The van der Waals surface area contributed by atoms with Crippen LogP contribution in [0, 0.1) is 5.92 Å². The zero-order valence-electron chi connectivity index (χ0n) is 8.61. The molecule has 17 heavy (non-hydrogen) atoms. The quantitative estimate of drug-likeness (QED) is 0.808. The molecule has 0 aromatic carbocycles. The Morgan fingerprint density at radius 1 is 1.53 bits per heavy atom. The minimum Gasteiger partial charge on any atom is -0.481 e. The number of carboxylic acid groups (broad SMARTS) is 1. The van der Waals surface area contributed by atoms with Crippen molar-refractivity contribution in [3.05, 3.63) is 24.0 Å². The number of alkyl halides is 3. The number of hydrogen-bond acceptors (Lipinski definition) is 4. The van der Waals surface area contributed by atoms with Crippen molar-refractivity contribution in [2.24, 2.45) is 5.92 Å². The largest absolute Gasteiger partial charge is 0.481 e. The van der Waals surface area contributed by atoms with Crippen molar-refractivity contribution in [2.45, 2.75) is 12.7 Å². The number of rotatable bonds is 5. The van der Waals surface area contributed by atoms with E-state index in [1.807, 2.05) is 0 Å². The molecule has 2 N–H and O–H groups in total. The van der Waals surface area contributed by atoms with Gasteiger partial charge in [-0.1, -0.05) is 0 Å². The van der Waals surface area contributed by atoms with Crippen LogP contribution in [0.5, 0.6) is 0 Å². The molecular formula is C9H10F3N3O2. The molecule has 1 atom stereocenters. The van der Waals surface area contributed by atoms with Gasteiger partial charge in [0.15, 0.2) is 5.92 Å². The number of carbonyl (C=O) groups is 1. The fourth-order valence-corrected chi connectivity index (χ4v) is 1.12. The van der Waals surface area contributed by atoms with Crippen LogP contribution >= 0.6 is 0 Å². The third-order valence-corrected chi connectivity index (χ3v) is 1.98. The number of nitrogens with zero attached hydrogens (tertiary/aromatic N) is 2. The highest BCUT2D eigenvalue weighted by Gasteiger charge is 2.44. The molecule has 94 valence electrons. The van der Waals surface area contributed by atoms with Gasteiger partial charge in [0.2, 0.25) is 0 Å². The average molecular weight is 249 g/mol. The molecule has 0 aliphatic rings. The van der Waals surface area contributed by atoms with Crippen LogP contribution in [0.25, 0.3) is 0 Å². The molecule has 0 amide bonds. The summed E-state index contributed by atoms with van der Waals surface area (Å²) in [6, 6.07) is 3.16. The van der Waals surface area contributed by atoms with Gasteiger partial charge in [0, 0.05) is 19.3 Å². The normalized spacial score (nSPS) is 13.4. The summed E-state index contributed by atoms with van der Waals surface area (Å²) in [5.74, 6) is -4.32. The van der Waals surface area contributed by atoms with Crippen molar-refractivity contribution in [1.82, 2.24) is 15.5 Å². The lowest BCUT2D eigenvalue weighted by Crippen LogP contribution is -2.39. The van der Waals surface area contributed by atoms with Crippen LogP contribution < -0.4 is 5.32 Å². The molecule has 0 fully saturated rings. The first-order valence-electron chi connectivity index (χ1n) is 4.68. The SMILES string of the molecule is O=C(O)C(CNCc1cccnn1)C(F)(F)F. The van der Waals surface area contributed by atoms with E-state index in [1.54, 1.807) is 12.1 Å². The lowest BCUT2D eigenvalue weighted by atomic mass is 10.1. The van der Waals surface area contributed by atoms with Crippen LogP contribution in [0.15, 0.2) is 18.3 Å². The predicted molar refractivity (Wildman–Crippen MR) is 50.9 cm³/mol. The molecule has 0 radical (unpaired) electrons. The maximum absolute atomic E-state index is 12.2. The van der Waals surface area contributed by atoms with Crippen molar-refractivity contribution < 1.29 is 23.1 Å². The Bertz CT molecular complexity index is 369. The van der Waals surface area contributed by atoms with Crippen LogP contribution in [0.4, 0.5) is 13.2 Å². The second kappa shape index (κ2) is 5.58. The lowest BCUT2D eigenvalue weighted by Gasteiger charge is -2.16. The minimum absolute atomic E-state index is 0.0354. The zero-order valence-corrected chi connectivity index (χ0v) is 8.61. The average Bonchev–Trinajstić information content (AvgIpc) is 2.23. The minimum atomic E-state index is -4.76. The van der Waals surface area contributed by atoms with Gasteiger partial charge in [-0.3, -0.25) is 4.79 Å². The lowest BCUT2D eigenvalue weighted by molar-refractivity contribution is -0.192. The molecule has 8 heteroatoms. The van der Waals surface area contributed by atoms with Crippen LogP contribution in [0.1, 0.15) is 5.69 Å². The number of aliphatic carboxylic acids is 1. The first-order valence-corrected chi connectivity index (χ1v) is 4.68. The molecule has 0 aliphatic heterocycles. The molecule has 0 spiro atoms. The Labute approximate surface area is 94.7 Å². The summed E-state index contributed by atoms with van der Waals surface area (Å²) in [7, 11) is 0. The Hall–Kier alpha value is -1.70. The third-order valence-electron chi connectivity index (χ3n) is 1.98. The summed E-state index contributed by atoms with van der Waals surface area (Å²) in [4.78, 5) is 10.4. The van der Waals surface area contributed by atoms with Crippen molar-refractivity contribution in [3.8, 4) is 0 Å². The summed E-state index contributed by atoms with van der Waals surface area (Å²) in [6.07, 6.45) is -3.33. The second-order valence-corrected chi connectivity index (χ2v) is 3.28. The standard InChI is InChI=1S/C9H10F3N3O2/c10-9(11,12)7(8(16)17)5-13-4-6-2-1-3-14-15-6/h1-3,7,13H,4-5H2,(H,16,17). The predicted octanol–water partition coefficient (Wildman–Crippen LogP) is 0.829. The third kappa shape index (κ3) is 4.35. The van der Waals surface area contributed by atoms with Crippen molar-refractivity contribution >= 4 is 5.97 Å². The van der Waals surface area contributed by atoms with E-state index >= 15 is 0 Å². The highest BCUT2D eigenvalue weighted by Crippen LogP contribution is 2.25.